The molecule has 1 aromatic carbocycles. The van der Waals surface area contributed by atoms with Gasteiger partial charge in [-0.1, -0.05) is 6.07 Å². The molecule has 25 heavy (non-hydrogen) atoms. The maximum Gasteiger partial charge on any atom is 0.491 e. The lowest BCUT2D eigenvalue weighted by Gasteiger charge is -2.14. The van der Waals surface area contributed by atoms with Crippen LogP contribution in [0.2, 0.25) is 0 Å². The third-order valence-corrected chi connectivity index (χ3v) is 3.44. The van der Waals surface area contributed by atoms with Crippen molar-refractivity contribution in [3.05, 3.63) is 29.6 Å². The number of carboxylic acids is 1. The van der Waals surface area contributed by atoms with Gasteiger partial charge in [0.1, 0.15) is 12.4 Å². The van der Waals surface area contributed by atoms with Crippen molar-refractivity contribution in [2.75, 3.05) is 19.6 Å². The van der Waals surface area contributed by atoms with Gasteiger partial charge in [-0.3, -0.25) is 14.4 Å². The molecule has 0 radical (unpaired) electrons. The Labute approximate surface area is 144 Å². The Balaban J connectivity index is 2.30. The van der Waals surface area contributed by atoms with Crippen molar-refractivity contribution >= 4 is 30.9 Å². The summed E-state index contributed by atoms with van der Waals surface area (Å²) in [6.45, 7) is 0.315. The number of nitrogens with one attached hydrogen (secondary N) is 1. The fourth-order valence-corrected chi connectivity index (χ4v) is 2.14. The Kier molecular flexibility index (Phi) is 8.58. The van der Waals surface area contributed by atoms with E-state index in [-0.39, 0.29) is 17.6 Å². The third kappa shape index (κ3) is 7.31. The summed E-state index contributed by atoms with van der Waals surface area (Å²) in [5.41, 5.74) is -0.242. The molecule has 0 fully saturated rings. The SMILES string of the molecule is O=CN(CCCCCNC(=O)c1ccc(B(O)O)c(F)c1)CC(=O)O. The summed E-state index contributed by atoms with van der Waals surface area (Å²) in [4.78, 5) is 34.2. The minimum absolute atomic E-state index is 0.0653. The fourth-order valence-electron chi connectivity index (χ4n) is 2.14. The van der Waals surface area contributed by atoms with Crippen LogP contribution in [0.3, 0.4) is 0 Å². The van der Waals surface area contributed by atoms with E-state index < -0.39 is 24.8 Å². The summed E-state index contributed by atoms with van der Waals surface area (Å²) in [5.74, 6) is -2.44. The summed E-state index contributed by atoms with van der Waals surface area (Å²) in [5, 5.41) is 29.0. The van der Waals surface area contributed by atoms with Gasteiger partial charge >= 0.3 is 13.1 Å². The van der Waals surface area contributed by atoms with Crippen molar-refractivity contribution in [1.82, 2.24) is 10.2 Å². The Bertz CT molecular complexity index is 614. The maximum atomic E-state index is 13.6. The molecule has 0 aliphatic carbocycles. The lowest BCUT2D eigenvalue weighted by molar-refractivity contribution is -0.140. The maximum absolute atomic E-state index is 13.6. The second-order valence-electron chi connectivity index (χ2n) is 5.40. The Morgan fingerprint density at radius 1 is 1.24 bits per heavy atom. The second-order valence-corrected chi connectivity index (χ2v) is 5.40. The molecule has 0 saturated carbocycles. The first-order valence-electron chi connectivity index (χ1n) is 7.70. The Morgan fingerprint density at radius 2 is 1.96 bits per heavy atom. The molecule has 0 atom stereocenters. The molecule has 0 aliphatic rings. The van der Waals surface area contributed by atoms with Crippen LogP contribution in [0.5, 0.6) is 0 Å². The molecule has 4 N–H and O–H groups in total. The third-order valence-electron chi connectivity index (χ3n) is 3.44. The van der Waals surface area contributed by atoms with E-state index in [1.165, 1.54) is 6.07 Å². The number of benzene rings is 1. The summed E-state index contributed by atoms with van der Waals surface area (Å²) in [6, 6.07) is 3.35. The number of carbonyl (C=O) groups excluding carboxylic acids is 2. The van der Waals surface area contributed by atoms with Gasteiger partial charge < -0.3 is 25.4 Å². The Morgan fingerprint density at radius 3 is 2.52 bits per heavy atom. The number of carbonyl (C=O) groups is 3. The second kappa shape index (κ2) is 10.4. The molecule has 0 unspecified atom stereocenters. The standard InChI is InChI=1S/C15H20BFN2O6/c17-13-8-11(4-5-12(13)16(24)25)15(23)18-6-2-1-3-7-19(10-20)9-14(21)22/h4-5,8,10,24-25H,1-3,6-7,9H2,(H,18,23)(H,21,22). The predicted octanol–water partition coefficient (Wildman–Crippen LogP) is -1.05. The zero-order valence-corrected chi connectivity index (χ0v) is 13.5. The average Bonchev–Trinajstić information content (AvgIpc) is 2.55. The number of amides is 2. The van der Waals surface area contributed by atoms with E-state index in [1.807, 2.05) is 0 Å². The molecule has 0 saturated heterocycles. The summed E-state index contributed by atoms with van der Waals surface area (Å²) >= 11 is 0. The lowest BCUT2D eigenvalue weighted by Crippen LogP contribution is -2.33. The molecular formula is C15H20BFN2O6. The van der Waals surface area contributed by atoms with Gasteiger partial charge in [0.2, 0.25) is 6.41 Å². The zero-order chi connectivity index (χ0) is 18.8. The molecule has 0 heterocycles. The van der Waals surface area contributed by atoms with Gasteiger partial charge in [0, 0.05) is 24.1 Å². The van der Waals surface area contributed by atoms with Gasteiger partial charge in [-0.2, -0.15) is 0 Å². The molecule has 0 bridgehead atoms. The van der Waals surface area contributed by atoms with Gasteiger partial charge in [0.25, 0.3) is 5.91 Å². The van der Waals surface area contributed by atoms with E-state index in [2.05, 4.69) is 5.32 Å². The molecule has 136 valence electrons. The van der Waals surface area contributed by atoms with Crippen molar-refractivity contribution in [2.24, 2.45) is 0 Å². The topological polar surface area (TPSA) is 127 Å². The van der Waals surface area contributed by atoms with Crippen LogP contribution in [0.1, 0.15) is 29.6 Å². The number of carboxylic acid groups (broad SMARTS) is 1. The quantitative estimate of drug-likeness (QED) is 0.228. The molecular weight excluding hydrogens is 334 g/mol. The van der Waals surface area contributed by atoms with Gasteiger partial charge in [0.15, 0.2) is 0 Å². The molecule has 2 amide bonds. The molecule has 0 spiro atoms. The van der Waals surface area contributed by atoms with E-state index in [0.29, 0.717) is 38.8 Å². The summed E-state index contributed by atoms with van der Waals surface area (Å²) < 4.78 is 13.6. The predicted molar refractivity (Wildman–Crippen MR) is 87.7 cm³/mol. The molecule has 0 aliphatic heterocycles. The summed E-state index contributed by atoms with van der Waals surface area (Å²) in [6.07, 6.45) is 2.37. The highest BCUT2D eigenvalue weighted by atomic mass is 19.1. The van der Waals surface area contributed by atoms with Crippen LogP contribution in [-0.4, -0.2) is 65.1 Å². The lowest BCUT2D eigenvalue weighted by atomic mass is 9.79. The number of unbranched alkanes of at least 4 members (excludes halogenated alkanes) is 2. The molecule has 8 nitrogen and oxygen atoms in total. The minimum atomic E-state index is -1.94. The first-order chi connectivity index (χ1) is 11.8. The monoisotopic (exact) mass is 354 g/mol. The van der Waals surface area contributed by atoms with Gasteiger partial charge in [-0.15, -0.1) is 0 Å². The minimum Gasteiger partial charge on any atom is -0.480 e. The van der Waals surface area contributed by atoms with Gasteiger partial charge in [0.05, 0.1) is 0 Å². The van der Waals surface area contributed by atoms with Crippen LogP contribution >= 0.6 is 0 Å². The van der Waals surface area contributed by atoms with Crippen molar-refractivity contribution < 1.29 is 33.9 Å². The summed E-state index contributed by atoms with van der Waals surface area (Å²) in [7, 11) is -1.94. The van der Waals surface area contributed by atoms with Crippen molar-refractivity contribution in [3.63, 3.8) is 0 Å². The van der Waals surface area contributed by atoms with Gasteiger partial charge in [-0.05, 0) is 31.4 Å². The van der Waals surface area contributed by atoms with E-state index in [1.54, 1.807) is 0 Å². The largest absolute Gasteiger partial charge is 0.491 e. The first kappa shape index (κ1) is 20.6. The fraction of sp³-hybridized carbons (Fsp3) is 0.400. The average molecular weight is 354 g/mol. The number of aliphatic carboxylic acids is 1. The van der Waals surface area contributed by atoms with Crippen LogP contribution in [0.4, 0.5) is 4.39 Å². The number of nitrogens with zero attached hydrogens (tertiary/aromatic N) is 1. The highest BCUT2D eigenvalue weighted by molar-refractivity contribution is 6.58. The van der Waals surface area contributed by atoms with Crippen molar-refractivity contribution in [3.8, 4) is 0 Å². The first-order valence-corrected chi connectivity index (χ1v) is 7.70. The smallest absolute Gasteiger partial charge is 0.480 e. The Hall–Kier alpha value is -2.46. The van der Waals surface area contributed by atoms with E-state index in [4.69, 9.17) is 15.2 Å². The molecule has 10 heteroatoms. The number of hydrogen-bond acceptors (Lipinski definition) is 5. The van der Waals surface area contributed by atoms with Crippen LogP contribution in [0.25, 0.3) is 0 Å². The van der Waals surface area contributed by atoms with E-state index in [0.717, 1.165) is 17.0 Å². The van der Waals surface area contributed by atoms with Crippen molar-refractivity contribution in [1.29, 1.82) is 0 Å². The van der Waals surface area contributed by atoms with Gasteiger partial charge in [-0.25, -0.2) is 4.39 Å². The molecule has 1 aromatic rings. The number of halogens is 1. The van der Waals surface area contributed by atoms with E-state index >= 15 is 0 Å². The van der Waals surface area contributed by atoms with Crippen molar-refractivity contribution in [2.45, 2.75) is 19.3 Å². The van der Waals surface area contributed by atoms with Crippen LogP contribution in [0.15, 0.2) is 18.2 Å². The highest BCUT2D eigenvalue weighted by Gasteiger charge is 2.18. The number of hydrogen-bond donors (Lipinski definition) is 4. The van der Waals surface area contributed by atoms with E-state index in [9.17, 15) is 18.8 Å². The van der Waals surface area contributed by atoms with Crippen LogP contribution < -0.4 is 10.8 Å². The van der Waals surface area contributed by atoms with Crippen LogP contribution in [-0.2, 0) is 9.59 Å². The highest BCUT2D eigenvalue weighted by Crippen LogP contribution is 2.03. The van der Waals surface area contributed by atoms with Crippen LogP contribution in [0, 0.1) is 5.82 Å². The normalized spacial score (nSPS) is 10.2. The molecule has 0 aromatic heterocycles. The molecule has 1 rings (SSSR count). The zero-order valence-electron chi connectivity index (χ0n) is 13.5. The number of rotatable bonds is 11.